The van der Waals surface area contributed by atoms with Gasteiger partial charge in [-0.2, -0.15) is 5.48 Å². The first-order valence-corrected chi connectivity index (χ1v) is 29.1. The molecule has 3 aliphatic carbocycles. The van der Waals surface area contributed by atoms with Crippen molar-refractivity contribution >= 4 is 68.4 Å². The lowest BCUT2D eigenvalue weighted by molar-refractivity contribution is -0.340. The fraction of sp³-hybridized carbons (Fsp3) is 0.673. The molecule has 1 saturated carbocycles. The first-order valence-electron chi connectivity index (χ1n) is 26.8. The zero-order valence-corrected chi connectivity index (χ0v) is 50.7. The molecular formula is C55H72IN3O21S2. The van der Waals surface area contributed by atoms with Gasteiger partial charge in [0.2, 0.25) is 17.2 Å². The Bertz CT molecular complexity index is 2730. The van der Waals surface area contributed by atoms with Gasteiger partial charge in [0.1, 0.15) is 42.7 Å². The van der Waals surface area contributed by atoms with E-state index >= 15 is 0 Å². The Kier molecular flexibility index (Phi) is 21.5. The van der Waals surface area contributed by atoms with Crippen LogP contribution >= 0.6 is 46.6 Å². The molecule has 24 nitrogen and oxygen atoms in total. The maximum absolute atomic E-state index is 14.4. The Labute approximate surface area is 498 Å². The molecule has 0 aromatic heterocycles. The van der Waals surface area contributed by atoms with Crippen LogP contribution in [0.5, 0.6) is 17.2 Å². The highest BCUT2D eigenvalue weighted by Crippen LogP contribution is 2.55. The van der Waals surface area contributed by atoms with Crippen molar-refractivity contribution in [2.75, 3.05) is 48.7 Å². The number of carbonyl (C=O) groups excluding carboxylic acids is 3. The van der Waals surface area contributed by atoms with Gasteiger partial charge in [-0.1, -0.05) is 60.7 Å². The molecule has 1 amide bonds. The van der Waals surface area contributed by atoms with E-state index in [-0.39, 0.29) is 71.3 Å². The Morgan fingerprint density at radius 3 is 2.27 bits per heavy atom. The molecule has 7 aliphatic rings. The van der Waals surface area contributed by atoms with Crippen LogP contribution in [0.2, 0.25) is 0 Å². The van der Waals surface area contributed by atoms with Crippen LogP contribution in [-0.4, -0.2) is 217 Å². The van der Waals surface area contributed by atoms with E-state index in [9.17, 15) is 39.9 Å². The highest BCUT2D eigenvalue weighted by molar-refractivity contribution is 14.1. The Hall–Kier alpha value is -3.64. The number of hydroxylamine groups is 1. The number of aliphatic hydroxyl groups excluding tert-OH is 4. The molecule has 0 spiro atoms. The molecule has 5 fully saturated rings. The number of halogens is 1. The smallest absolute Gasteiger partial charge is 0.407 e. The Balaban J connectivity index is 1.01. The number of allylic oxidation sites excluding steroid dienone is 3. The van der Waals surface area contributed by atoms with Crippen molar-refractivity contribution < 1.29 is 102 Å². The number of Topliss-reactive ketones (excluding diaryl/α,β-unsaturated/α-hetero) is 1. The zero-order valence-electron chi connectivity index (χ0n) is 46.9. The number of nitrogens with one attached hydrogen (secondary N) is 3. The van der Waals surface area contributed by atoms with E-state index in [1.807, 2.05) is 29.5 Å². The van der Waals surface area contributed by atoms with Crippen LogP contribution < -0.4 is 30.3 Å². The highest BCUT2D eigenvalue weighted by Gasteiger charge is 2.66. The first kappa shape index (κ1) is 64.4. The number of aliphatic hydroxyl groups is 5. The van der Waals surface area contributed by atoms with E-state index < -0.39 is 138 Å². The fourth-order valence-corrected chi connectivity index (χ4v) is 13.8. The summed E-state index contributed by atoms with van der Waals surface area (Å²) < 4.78 is 72.7. The minimum atomic E-state index is -2.05. The van der Waals surface area contributed by atoms with Gasteiger partial charge in [-0.05, 0) is 86.5 Å². The molecule has 27 heteroatoms. The van der Waals surface area contributed by atoms with E-state index in [1.54, 1.807) is 40.9 Å². The predicted octanol–water partition coefficient (Wildman–Crippen LogP) is 1.41. The van der Waals surface area contributed by atoms with Gasteiger partial charge in [0.05, 0.1) is 96.8 Å². The molecule has 4 heterocycles. The lowest BCUT2D eigenvalue weighted by Crippen LogP contribution is -2.69. The van der Waals surface area contributed by atoms with Gasteiger partial charge >= 0.3 is 6.09 Å². The van der Waals surface area contributed by atoms with E-state index in [1.165, 1.54) is 33.5 Å². The van der Waals surface area contributed by atoms with Crippen molar-refractivity contribution in [3.8, 4) is 40.9 Å². The van der Waals surface area contributed by atoms with Crippen molar-refractivity contribution in [3.05, 3.63) is 38.5 Å². The summed E-state index contributed by atoms with van der Waals surface area (Å²) in [6.45, 7) is 9.39. The summed E-state index contributed by atoms with van der Waals surface area (Å²) in [6.07, 6.45) is -13.8. The van der Waals surface area contributed by atoms with Crippen LogP contribution in [0.3, 0.4) is 0 Å². The summed E-state index contributed by atoms with van der Waals surface area (Å²) in [4.78, 5) is 48.0. The lowest BCUT2D eigenvalue weighted by atomic mass is 9.58. The molecular weight excluding hydrogens is 1230 g/mol. The number of carbonyl (C=O) groups is 3. The van der Waals surface area contributed by atoms with Gasteiger partial charge in [0, 0.05) is 31.9 Å². The number of alkyl carbamates (subject to hydrolysis) is 1. The third-order valence-corrected chi connectivity index (χ3v) is 19.0. The summed E-state index contributed by atoms with van der Waals surface area (Å²) >= 11 is 8.86. The van der Waals surface area contributed by atoms with Gasteiger partial charge in [0.15, 0.2) is 41.8 Å². The minimum Gasteiger partial charge on any atom is -0.492 e. The molecule has 82 heavy (non-hydrogen) atoms. The third kappa shape index (κ3) is 12.6. The van der Waals surface area contributed by atoms with Crippen molar-refractivity contribution in [1.29, 1.82) is 0 Å². The topological polar surface area (TPSA) is 308 Å². The van der Waals surface area contributed by atoms with Crippen LogP contribution in [0.4, 0.5) is 4.79 Å². The Morgan fingerprint density at radius 2 is 1.60 bits per heavy atom. The van der Waals surface area contributed by atoms with Crippen LogP contribution in [0, 0.1) is 39.6 Å². The summed E-state index contributed by atoms with van der Waals surface area (Å²) in [5.74, 6) is 11.1. The SMILES string of the molecule is CCN[C@H]1CO[C@@H](O[C@H]2[C@H](O[C@H]3C#C/C=C/C#C[C@]4(O)CC(=O)C(NC(=O)OC)C35C(=S)CC=C54)O[C@H](C)[C@@H](NO[C@H]3C[C@H](O)[C@H](SC(=O)c4c(C)c(I)c(O[C@@H]5O[C@@H](C)[C@H](O)[C@@H](OC)[C@H]5O)c(OC)c4OC)[C@@H](C)O3)[C@@H]2O)C[C@@H]1OC. The van der Waals surface area contributed by atoms with Crippen molar-refractivity contribution in [2.45, 2.75) is 182 Å². The van der Waals surface area contributed by atoms with Gasteiger partial charge in [0.25, 0.3) is 0 Å². The normalized spacial score (nSPS) is 39.3. The molecule has 8 N–H and O–H groups in total. The molecule has 4 aliphatic heterocycles. The fourth-order valence-electron chi connectivity index (χ4n) is 11.6. The van der Waals surface area contributed by atoms with Crippen LogP contribution in [0.25, 0.3) is 0 Å². The molecule has 8 rings (SSSR count). The van der Waals surface area contributed by atoms with Crippen LogP contribution in [0.1, 0.15) is 69.3 Å². The number of benzene rings is 1. The number of hydrogen-bond acceptors (Lipinski definition) is 25. The molecule has 2 bridgehead atoms. The van der Waals surface area contributed by atoms with Gasteiger partial charge < -0.3 is 93.0 Å². The second-order valence-corrected chi connectivity index (χ2v) is 23.5. The number of thiocarbonyl (C=S) groups is 1. The number of ether oxygens (including phenoxy) is 12. The monoisotopic (exact) mass is 1300 g/mol. The number of thioether (sulfide) groups is 1. The van der Waals surface area contributed by atoms with E-state index in [0.717, 1.165) is 18.9 Å². The molecule has 4 saturated heterocycles. The third-order valence-electron chi connectivity index (χ3n) is 15.8. The number of likely N-dealkylation sites (N-methyl/N-ethyl adjacent to an activating group) is 1. The quantitative estimate of drug-likeness (QED) is 0.0339. The highest BCUT2D eigenvalue weighted by atomic mass is 127. The van der Waals surface area contributed by atoms with Crippen molar-refractivity contribution in [3.63, 3.8) is 0 Å². The van der Waals surface area contributed by atoms with Crippen molar-refractivity contribution in [2.24, 2.45) is 5.41 Å². The average Bonchev–Trinajstić information content (AvgIpc) is 1.86. The predicted molar refractivity (Wildman–Crippen MR) is 302 cm³/mol. The van der Waals surface area contributed by atoms with E-state index in [0.29, 0.717) is 15.7 Å². The number of hydrogen-bond donors (Lipinski definition) is 8. The average molecular weight is 1300 g/mol. The van der Waals surface area contributed by atoms with E-state index in [2.05, 4.69) is 39.8 Å². The first-order chi connectivity index (χ1) is 39.1. The standard InChI is InChI=1S/C55H72IN3O21S2/c1-11-57-28-23-73-35(21-31(28)68-6)78-46-41(63)39(25(3)75-52(46)77-33-16-14-12-13-15-19-54(67)22-30(61)49(58-53(66)72-10)55(33)32(54)17-18-34(55)81)59-80-36-20-29(60)48(27(5)74-36)82-50(65)37-24(2)38(56)44(47(71-9)43(37)69-7)79-51-42(64)45(70-8)40(62)26(4)76-51/h12-13,17,25-29,31,33,35-36,39-42,45-46,48-49,51-52,57,59-60,62-64,67H,11,18,20-23H2,1-10H3,(H,58,66)/b13-12+/t25-,26+,27-,28+,29+,31+,33+,35+,36+,39-,40+,41+,42-,45-,46-,48-,49?,51+,52+,54+,55?/m1/s1. The van der Waals surface area contributed by atoms with E-state index in [4.69, 9.17) is 73.9 Å². The summed E-state index contributed by atoms with van der Waals surface area (Å²) in [7, 11) is 6.79. The number of ketones is 1. The zero-order chi connectivity index (χ0) is 59.5. The summed E-state index contributed by atoms with van der Waals surface area (Å²) in [5, 5.41) is 62.7. The summed E-state index contributed by atoms with van der Waals surface area (Å²) in [6, 6.07) is -2.73. The largest absolute Gasteiger partial charge is 0.492 e. The van der Waals surface area contributed by atoms with Crippen LogP contribution in [0.15, 0.2) is 23.8 Å². The second-order valence-electron chi connectivity index (χ2n) is 20.8. The van der Waals surface area contributed by atoms with Crippen molar-refractivity contribution in [1.82, 2.24) is 16.1 Å². The molecule has 1 aromatic carbocycles. The van der Waals surface area contributed by atoms with Gasteiger partial charge in [-0.3, -0.25) is 14.4 Å². The number of amides is 1. The molecule has 0 radical (unpaired) electrons. The molecule has 452 valence electrons. The lowest BCUT2D eigenvalue weighted by Gasteiger charge is -2.52. The number of methoxy groups -OCH3 is 5. The molecule has 1 aromatic rings. The summed E-state index contributed by atoms with van der Waals surface area (Å²) in [5.41, 5.74) is -0.206. The molecule has 21 atom stereocenters. The maximum atomic E-state index is 14.4. The second kappa shape index (κ2) is 27.4. The maximum Gasteiger partial charge on any atom is 0.407 e. The minimum absolute atomic E-state index is 0.0252. The Morgan fingerprint density at radius 1 is 0.878 bits per heavy atom. The number of rotatable bonds is 18. The van der Waals surface area contributed by atoms with Gasteiger partial charge in [-0.25, -0.2) is 4.79 Å². The molecule has 2 unspecified atom stereocenters. The van der Waals surface area contributed by atoms with Gasteiger partial charge in [-0.15, -0.1) is 0 Å². The van der Waals surface area contributed by atoms with Crippen LogP contribution in [-0.2, 0) is 52.3 Å².